The summed E-state index contributed by atoms with van der Waals surface area (Å²) >= 11 is 1.44. The van der Waals surface area contributed by atoms with Crippen LogP contribution in [0.25, 0.3) is 0 Å². The molecule has 2 aromatic rings. The van der Waals surface area contributed by atoms with Gasteiger partial charge in [0.05, 0.1) is 32.9 Å². The zero-order valence-corrected chi connectivity index (χ0v) is 16.9. The average Bonchev–Trinajstić information content (AvgIpc) is 2.88. The number of thiazole rings is 1. The van der Waals surface area contributed by atoms with Crippen molar-refractivity contribution in [1.29, 1.82) is 0 Å². The lowest BCUT2D eigenvalue weighted by atomic mass is 10.1. The lowest BCUT2D eigenvalue weighted by molar-refractivity contribution is -0.857. The van der Waals surface area contributed by atoms with Gasteiger partial charge in [0.15, 0.2) is 5.13 Å². The maximum Gasteiger partial charge on any atom is 0.254 e. The second-order valence-corrected chi connectivity index (χ2v) is 7.96. The summed E-state index contributed by atoms with van der Waals surface area (Å²) in [6, 6.07) is 7.42. The topological polar surface area (TPSA) is 66.7 Å². The Morgan fingerprint density at radius 2 is 1.81 bits per heavy atom. The molecule has 2 rings (SSSR count). The van der Waals surface area contributed by atoms with Crippen LogP contribution in [0.2, 0.25) is 0 Å². The molecular weight excluding hydrogens is 348 g/mol. The lowest BCUT2D eigenvalue weighted by Gasteiger charge is -2.22. The fraction of sp³-hybridized carbons (Fsp3) is 0.421. The number of hydrogen-bond acceptors (Lipinski definition) is 4. The number of likely N-dealkylation sites (N-methyl/N-ethyl adjacent to an activating group) is 1. The number of carbonyl (C=O) groups excluding carboxylic acids is 2. The molecule has 0 fully saturated rings. The number of carbonyl (C=O) groups is 2. The third-order valence-corrected chi connectivity index (χ3v) is 5.07. The Balaban J connectivity index is 2.08. The maximum atomic E-state index is 12.8. The van der Waals surface area contributed by atoms with E-state index in [9.17, 15) is 9.59 Å². The van der Waals surface area contributed by atoms with E-state index in [2.05, 4.69) is 10.3 Å². The quantitative estimate of drug-likeness (QED) is 0.766. The zero-order chi connectivity index (χ0) is 19.3. The molecule has 0 aliphatic rings. The second-order valence-electron chi connectivity index (χ2n) is 6.76. The summed E-state index contributed by atoms with van der Waals surface area (Å²) in [4.78, 5) is 33.5. The molecule has 0 atom stereocenters. The van der Waals surface area contributed by atoms with Crippen LogP contribution >= 0.6 is 11.3 Å². The molecule has 0 radical (unpaired) electrons. The van der Waals surface area contributed by atoms with Crippen molar-refractivity contribution in [2.45, 2.75) is 20.8 Å². The highest BCUT2D eigenvalue weighted by Crippen LogP contribution is 2.21. The molecule has 1 aromatic carbocycles. The molecule has 140 valence electrons. The number of nitrogens with one attached hydrogen (secondary N) is 2. The SMILES string of the molecule is Cc1ccc(C(=O)N(CC[NH+](C)C)CC(=O)Nc2nc(C)c(C)s2)cc1. The summed E-state index contributed by atoms with van der Waals surface area (Å²) < 4.78 is 0. The smallest absolute Gasteiger partial charge is 0.254 e. The van der Waals surface area contributed by atoms with Crippen LogP contribution in [0, 0.1) is 20.8 Å². The highest BCUT2D eigenvalue weighted by Gasteiger charge is 2.20. The second kappa shape index (κ2) is 8.91. The van der Waals surface area contributed by atoms with E-state index in [-0.39, 0.29) is 18.4 Å². The fourth-order valence-electron chi connectivity index (χ4n) is 2.35. The van der Waals surface area contributed by atoms with Gasteiger partial charge in [-0.2, -0.15) is 0 Å². The molecule has 1 heterocycles. The largest absolute Gasteiger partial charge is 0.338 e. The summed E-state index contributed by atoms with van der Waals surface area (Å²) in [5.41, 5.74) is 2.60. The maximum absolute atomic E-state index is 12.8. The minimum atomic E-state index is -0.229. The molecule has 2 amide bonds. The van der Waals surface area contributed by atoms with Crippen molar-refractivity contribution < 1.29 is 14.5 Å². The van der Waals surface area contributed by atoms with E-state index in [1.807, 2.05) is 47.0 Å². The van der Waals surface area contributed by atoms with Gasteiger partial charge in [-0.05, 0) is 32.9 Å². The summed E-state index contributed by atoms with van der Waals surface area (Å²) in [6.45, 7) is 7.15. The predicted octanol–water partition coefficient (Wildman–Crippen LogP) is 1.29. The zero-order valence-electron chi connectivity index (χ0n) is 16.0. The Kier molecular flexibility index (Phi) is 6.88. The van der Waals surface area contributed by atoms with E-state index in [4.69, 9.17) is 0 Å². The molecule has 2 N–H and O–H groups in total. The Hall–Kier alpha value is -2.25. The van der Waals surface area contributed by atoms with Crippen LogP contribution in [0.5, 0.6) is 0 Å². The summed E-state index contributed by atoms with van der Waals surface area (Å²) in [7, 11) is 4.05. The van der Waals surface area contributed by atoms with Gasteiger partial charge in [0.1, 0.15) is 6.54 Å². The van der Waals surface area contributed by atoms with Crippen molar-refractivity contribution in [3.63, 3.8) is 0 Å². The van der Waals surface area contributed by atoms with E-state index in [1.54, 1.807) is 17.0 Å². The van der Waals surface area contributed by atoms with Crippen molar-refractivity contribution in [2.75, 3.05) is 39.0 Å². The van der Waals surface area contributed by atoms with E-state index in [0.29, 0.717) is 17.2 Å². The molecule has 0 unspecified atom stereocenters. The molecule has 7 heteroatoms. The number of benzene rings is 1. The third kappa shape index (κ3) is 5.64. The molecule has 0 spiro atoms. The number of aryl methyl sites for hydroxylation is 3. The van der Waals surface area contributed by atoms with Gasteiger partial charge in [-0.3, -0.25) is 9.59 Å². The number of aromatic nitrogens is 1. The number of rotatable bonds is 7. The number of anilines is 1. The Morgan fingerprint density at radius 3 is 2.35 bits per heavy atom. The Morgan fingerprint density at radius 1 is 1.15 bits per heavy atom. The third-order valence-electron chi connectivity index (χ3n) is 4.08. The minimum Gasteiger partial charge on any atom is -0.338 e. The van der Waals surface area contributed by atoms with Crippen LogP contribution in [-0.2, 0) is 4.79 Å². The number of nitrogens with zero attached hydrogens (tertiary/aromatic N) is 2. The van der Waals surface area contributed by atoms with Crippen molar-refractivity contribution in [3.8, 4) is 0 Å². The van der Waals surface area contributed by atoms with Gasteiger partial charge >= 0.3 is 0 Å². The van der Waals surface area contributed by atoms with Crippen LogP contribution in [-0.4, -0.2) is 55.4 Å². The lowest BCUT2D eigenvalue weighted by Crippen LogP contribution is -3.06. The van der Waals surface area contributed by atoms with Crippen LogP contribution in [0.15, 0.2) is 24.3 Å². The van der Waals surface area contributed by atoms with E-state index < -0.39 is 0 Å². The van der Waals surface area contributed by atoms with Gasteiger partial charge < -0.3 is 15.1 Å². The van der Waals surface area contributed by atoms with Gasteiger partial charge in [0.2, 0.25) is 5.91 Å². The van der Waals surface area contributed by atoms with E-state index in [0.717, 1.165) is 22.7 Å². The molecule has 0 saturated heterocycles. The summed E-state index contributed by atoms with van der Waals surface area (Å²) in [5.74, 6) is -0.360. The van der Waals surface area contributed by atoms with Crippen LogP contribution in [0.1, 0.15) is 26.5 Å². The predicted molar refractivity (Wildman–Crippen MR) is 105 cm³/mol. The van der Waals surface area contributed by atoms with Gasteiger partial charge in [0.25, 0.3) is 5.91 Å². The van der Waals surface area contributed by atoms with Gasteiger partial charge in [-0.1, -0.05) is 17.7 Å². The normalized spacial score (nSPS) is 10.8. The molecule has 0 aliphatic carbocycles. The molecule has 0 bridgehead atoms. The summed E-state index contributed by atoms with van der Waals surface area (Å²) in [6.07, 6.45) is 0. The molecule has 6 nitrogen and oxygen atoms in total. The van der Waals surface area contributed by atoms with E-state index >= 15 is 0 Å². The molecule has 0 saturated carbocycles. The molecular formula is C19H27N4O2S+. The van der Waals surface area contributed by atoms with Crippen molar-refractivity contribution in [2.24, 2.45) is 0 Å². The average molecular weight is 376 g/mol. The first kappa shape index (κ1) is 20.1. The molecule has 1 aromatic heterocycles. The number of quaternary nitrogens is 1. The van der Waals surface area contributed by atoms with Crippen molar-refractivity contribution >= 4 is 28.3 Å². The Labute approximate surface area is 158 Å². The number of amides is 2. The van der Waals surface area contributed by atoms with Gasteiger partial charge in [-0.25, -0.2) is 4.98 Å². The Bertz CT molecular complexity index is 749. The van der Waals surface area contributed by atoms with Crippen LogP contribution < -0.4 is 10.2 Å². The van der Waals surface area contributed by atoms with Crippen LogP contribution in [0.4, 0.5) is 5.13 Å². The first-order chi connectivity index (χ1) is 12.3. The fourth-order valence-corrected chi connectivity index (χ4v) is 3.18. The summed E-state index contributed by atoms with van der Waals surface area (Å²) in [5, 5.41) is 3.38. The first-order valence-corrected chi connectivity index (χ1v) is 9.46. The monoisotopic (exact) mass is 375 g/mol. The minimum absolute atomic E-state index is 0.0116. The molecule has 0 aliphatic heterocycles. The highest BCUT2D eigenvalue weighted by molar-refractivity contribution is 7.15. The van der Waals surface area contributed by atoms with Crippen LogP contribution in [0.3, 0.4) is 0 Å². The van der Waals surface area contributed by atoms with Gasteiger partial charge in [-0.15, -0.1) is 11.3 Å². The van der Waals surface area contributed by atoms with E-state index in [1.165, 1.54) is 16.2 Å². The van der Waals surface area contributed by atoms with Crippen molar-refractivity contribution in [3.05, 3.63) is 46.0 Å². The standard InChI is InChI=1S/C19H26N4O2S/c1-13-6-8-16(9-7-13)18(25)23(11-10-22(4)5)12-17(24)21-19-20-14(2)15(3)26-19/h6-9H,10-12H2,1-5H3,(H,20,21,24)/p+1. The van der Waals surface area contributed by atoms with Crippen molar-refractivity contribution in [1.82, 2.24) is 9.88 Å². The molecule has 26 heavy (non-hydrogen) atoms. The van der Waals surface area contributed by atoms with Gasteiger partial charge in [0, 0.05) is 10.4 Å². The highest BCUT2D eigenvalue weighted by atomic mass is 32.1. The number of hydrogen-bond donors (Lipinski definition) is 2. The first-order valence-electron chi connectivity index (χ1n) is 8.65.